The van der Waals surface area contributed by atoms with Crippen LogP contribution >= 0.6 is 0 Å². The Hall–Kier alpha value is -1.56. The van der Waals surface area contributed by atoms with E-state index in [9.17, 15) is 13.2 Å². The molecule has 2 rings (SSSR count). The van der Waals surface area contributed by atoms with E-state index < -0.39 is 16.0 Å². The SMILES string of the molecule is COC(=O)c1cc(C)cc(C)c1NS(=O)(=O)C1CC1. The highest BCUT2D eigenvalue weighted by Crippen LogP contribution is 2.32. The molecular weight excluding hydrogens is 266 g/mol. The minimum absolute atomic E-state index is 0.254. The number of methoxy groups -OCH3 is 1. The molecule has 1 aromatic rings. The number of sulfonamides is 1. The molecule has 5 nitrogen and oxygen atoms in total. The summed E-state index contributed by atoms with van der Waals surface area (Å²) in [6.45, 7) is 3.61. The Morgan fingerprint density at radius 3 is 2.47 bits per heavy atom. The van der Waals surface area contributed by atoms with Crippen molar-refractivity contribution in [3.63, 3.8) is 0 Å². The lowest BCUT2D eigenvalue weighted by molar-refractivity contribution is 0.0602. The second-order valence-corrected chi connectivity index (χ2v) is 6.80. The largest absolute Gasteiger partial charge is 0.465 e. The number of aryl methyl sites for hydroxylation is 2. The highest BCUT2D eigenvalue weighted by Gasteiger charge is 2.36. The van der Waals surface area contributed by atoms with Crippen LogP contribution in [0.2, 0.25) is 0 Å². The summed E-state index contributed by atoms with van der Waals surface area (Å²) in [6.07, 6.45) is 1.35. The number of hydrogen-bond acceptors (Lipinski definition) is 4. The smallest absolute Gasteiger partial charge is 0.340 e. The molecule has 0 amide bonds. The summed E-state index contributed by atoms with van der Waals surface area (Å²) in [4.78, 5) is 11.8. The van der Waals surface area contributed by atoms with E-state index in [1.807, 2.05) is 13.0 Å². The minimum atomic E-state index is -3.40. The van der Waals surface area contributed by atoms with Gasteiger partial charge in [-0.05, 0) is 43.9 Å². The van der Waals surface area contributed by atoms with Gasteiger partial charge in [-0.2, -0.15) is 0 Å². The van der Waals surface area contributed by atoms with E-state index in [1.54, 1.807) is 13.0 Å². The van der Waals surface area contributed by atoms with Gasteiger partial charge in [0.05, 0.1) is 23.6 Å². The van der Waals surface area contributed by atoms with E-state index in [2.05, 4.69) is 4.72 Å². The standard InChI is InChI=1S/C13H17NO4S/c1-8-6-9(2)12(11(7-8)13(15)18-3)14-19(16,17)10-4-5-10/h6-7,10,14H,4-5H2,1-3H3. The molecule has 0 aliphatic heterocycles. The van der Waals surface area contributed by atoms with Crippen molar-refractivity contribution < 1.29 is 17.9 Å². The summed E-state index contributed by atoms with van der Waals surface area (Å²) in [5.41, 5.74) is 2.17. The summed E-state index contributed by atoms with van der Waals surface area (Å²) in [7, 11) is -2.12. The molecule has 0 radical (unpaired) electrons. The maximum atomic E-state index is 12.0. The fourth-order valence-corrected chi connectivity index (χ4v) is 3.46. The predicted molar refractivity (Wildman–Crippen MR) is 72.8 cm³/mol. The summed E-state index contributed by atoms with van der Waals surface area (Å²) < 4.78 is 31.2. The molecule has 1 aliphatic carbocycles. The maximum Gasteiger partial charge on any atom is 0.340 e. The molecule has 1 fully saturated rings. The van der Waals surface area contributed by atoms with Crippen LogP contribution in [-0.2, 0) is 14.8 Å². The highest BCUT2D eigenvalue weighted by molar-refractivity contribution is 7.93. The summed E-state index contributed by atoms with van der Waals surface area (Å²) in [5, 5.41) is -0.335. The predicted octanol–water partition coefficient (Wildman–Crippen LogP) is 1.99. The third-order valence-electron chi connectivity index (χ3n) is 3.09. The lowest BCUT2D eigenvalue weighted by atomic mass is 10.0. The zero-order valence-corrected chi connectivity index (χ0v) is 12.0. The van der Waals surface area contributed by atoms with Gasteiger partial charge in [-0.25, -0.2) is 13.2 Å². The fraction of sp³-hybridized carbons (Fsp3) is 0.462. The molecule has 19 heavy (non-hydrogen) atoms. The Balaban J connectivity index is 2.46. The average Bonchev–Trinajstić information content (AvgIpc) is 3.15. The molecule has 104 valence electrons. The van der Waals surface area contributed by atoms with E-state index >= 15 is 0 Å². The van der Waals surface area contributed by atoms with Gasteiger partial charge in [-0.15, -0.1) is 0 Å². The van der Waals surface area contributed by atoms with Crippen molar-refractivity contribution >= 4 is 21.7 Å². The second-order valence-electron chi connectivity index (χ2n) is 4.84. The lowest BCUT2D eigenvalue weighted by Gasteiger charge is -2.14. The normalized spacial score (nSPS) is 15.1. The van der Waals surface area contributed by atoms with Crippen molar-refractivity contribution in [3.05, 3.63) is 28.8 Å². The van der Waals surface area contributed by atoms with Crippen LogP contribution in [0.5, 0.6) is 0 Å². The van der Waals surface area contributed by atoms with Gasteiger partial charge in [0.15, 0.2) is 0 Å². The van der Waals surface area contributed by atoms with E-state index in [-0.39, 0.29) is 10.8 Å². The van der Waals surface area contributed by atoms with Gasteiger partial charge in [0.25, 0.3) is 0 Å². The Bertz CT molecular complexity index is 618. The molecule has 1 N–H and O–H groups in total. The third kappa shape index (κ3) is 2.89. The van der Waals surface area contributed by atoms with Crippen molar-refractivity contribution in [2.45, 2.75) is 31.9 Å². The molecule has 0 bridgehead atoms. The van der Waals surface area contributed by atoms with Crippen LogP contribution in [-0.4, -0.2) is 26.7 Å². The van der Waals surface area contributed by atoms with Crippen LogP contribution in [0, 0.1) is 13.8 Å². The third-order valence-corrected chi connectivity index (χ3v) is 4.93. The molecule has 0 spiro atoms. The van der Waals surface area contributed by atoms with Crippen LogP contribution in [0.1, 0.15) is 34.3 Å². The van der Waals surface area contributed by atoms with Gasteiger partial charge in [0.2, 0.25) is 10.0 Å². The number of carbonyl (C=O) groups excluding carboxylic acids is 1. The molecule has 1 aliphatic rings. The average molecular weight is 283 g/mol. The number of carbonyl (C=O) groups is 1. The Morgan fingerprint density at radius 2 is 1.95 bits per heavy atom. The van der Waals surface area contributed by atoms with Gasteiger partial charge >= 0.3 is 5.97 Å². The van der Waals surface area contributed by atoms with Gasteiger partial charge < -0.3 is 4.74 Å². The quantitative estimate of drug-likeness (QED) is 0.858. The van der Waals surface area contributed by atoms with Crippen LogP contribution in [0.25, 0.3) is 0 Å². The van der Waals surface area contributed by atoms with Crippen LogP contribution in [0.15, 0.2) is 12.1 Å². The zero-order chi connectivity index (χ0) is 14.2. The second kappa shape index (κ2) is 4.85. The topological polar surface area (TPSA) is 72.5 Å². The molecular formula is C13H17NO4S. The van der Waals surface area contributed by atoms with Crippen LogP contribution < -0.4 is 4.72 Å². The molecule has 1 aromatic carbocycles. The summed E-state index contributed by atoms with van der Waals surface area (Å²) in [6, 6.07) is 3.46. The summed E-state index contributed by atoms with van der Waals surface area (Å²) in [5.74, 6) is -0.541. The monoisotopic (exact) mass is 283 g/mol. The number of hydrogen-bond donors (Lipinski definition) is 1. The molecule has 0 unspecified atom stereocenters. The maximum absolute atomic E-state index is 12.0. The number of nitrogens with one attached hydrogen (secondary N) is 1. The number of anilines is 1. The molecule has 1 saturated carbocycles. The number of ether oxygens (including phenoxy) is 1. The van der Waals surface area contributed by atoms with Crippen LogP contribution in [0.4, 0.5) is 5.69 Å². The number of rotatable bonds is 4. The first-order valence-corrected chi connectivity index (χ1v) is 7.61. The van der Waals surface area contributed by atoms with Crippen LogP contribution in [0.3, 0.4) is 0 Å². The number of benzene rings is 1. The first-order valence-electron chi connectivity index (χ1n) is 6.06. The lowest BCUT2D eigenvalue weighted by Crippen LogP contribution is -2.20. The first kappa shape index (κ1) is 13.9. The minimum Gasteiger partial charge on any atom is -0.465 e. The Morgan fingerprint density at radius 1 is 1.32 bits per heavy atom. The van der Waals surface area contributed by atoms with E-state index in [0.29, 0.717) is 24.1 Å². The Labute approximate surface area is 113 Å². The summed E-state index contributed by atoms with van der Waals surface area (Å²) >= 11 is 0. The molecule has 0 atom stereocenters. The van der Waals surface area contributed by atoms with E-state index in [1.165, 1.54) is 7.11 Å². The van der Waals surface area contributed by atoms with Gasteiger partial charge in [0.1, 0.15) is 0 Å². The highest BCUT2D eigenvalue weighted by atomic mass is 32.2. The first-order chi connectivity index (χ1) is 8.85. The van der Waals surface area contributed by atoms with Crippen molar-refractivity contribution in [2.75, 3.05) is 11.8 Å². The molecule has 0 aromatic heterocycles. The van der Waals surface area contributed by atoms with Gasteiger partial charge in [-0.3, -0.25) is 4.72 Å². The fourth-order valence-electron chi connectivity index (χ4n) is 1.98. The van der Waals surface area contributed by atoms with Gasteiger partial charge in [0, 0.05) is 0 Å². The molecule has 0 saturated heterocycles. The van der Waals surface area contributed by atoms with Crippen molar-refractivity contribution in [1.29, 1.82) is 0 Å². The van der Waals surface area contributed by atoms with Crippen molar-refractivity contribution in [1.82, 2.24) is 0 Å². The Kier molecular flexibility index (Phi) is 3.54. The zero-order valence-electron chi connectivity index (χ0n) is 11.2. The number of esters is 1. The van der Waals surface area contributed by atoms with Gasteiger partial charge in [-0.1, -0.05) is 6.07 Å². The van der Waals surface area contributed by atoms with Crippen molar-refractivity contribution in [3.8, 4) is 0 Å². The van der Waals surface area contributed by atoms with E-state index in [4.69, 9.17) is 4.74 Å². The molecule has 0 heterocycles. The van der Waals surface area contributed by atoms with E-state index in [0.717, 1.165) is 5.56 Å². The molecule has 6 heteroatoms. The van der Waals surface area contributed by atoms with Crippen molar-refractivity contribution in [2.24, 2.45) is 0 Å².